The first-order chi connectivity index (χ1) is 17.2. The largest absolute Gasteiger partial charge is 0.492 e. The van der Waals surface area contributed by atoms with Crippen LogP contribution in [0.15, 0.2) is 89.8 Å². The van der Waals surface area contributed by atoms with Crippen molar-refractivity contribution in [2.24, 2.45) is 0 Å². The van der Waals surface area contributed by atoms with Gasteiger partial charge in [0.2, 0.25) is 5.91 Å². The van der Waals surface area contributed by atoms with Crippen LogP contribution in [0.1, 0.15) is 16.7 Å². The third kappa shape index (κ3) is 5.86. The monoisotopic (exact) mass is 502 g/mol. The van der Waals surface area contributed by atoms with E-state index in [4.69, 9.17) is 4.74 Å². The maximum Gasteiger partial charge on any atom is 0.264 e. The van der Waals surface area contributed by atoms with Crippen LogP contribution >= 0.6 is 0 Å². The maximum absolute atomic E-state index is 13.5. The van der Waals surface area contributed by atoms with E-state index in [1.807, 2.05) is 69.3 Å². The molecule has 4 rings (SSSR count). The van der Waals surface area contributed by atoms with Crippen LogP contribution < -0.4 is 14.4 Å². The predicted molar refractivity (Wildman–Crippen MR) is 144 cm³/mol. The summed E-state index contributed by atoms with van der Waals surface area (Å²) in [7, 11) is -3.95. The summed E-state index contributed by atoms with van der Waals surface area (Å²) in [6, 6.07) is 25.8. The summed E-state index contributed by atoms with van der Waals surface area (Å²) in [6.45, 7) is 5.94. The van der Waals surface area contributed by atoms with Crippen LogP contribution in [0.4, 0.5) is 5.69 Å². The number of sulfonamides is 1. The molecule has 4 aromatic rings. The van der Waals surface area contributed by atoms with Crippen molar-refractivity contribution in [2.45, 2.75) is 25.7 Å². The van der Waals surface area contributed by atoms with Crippen LogP contribution in [0.5, 0.6) is 5.75 Å². The molecule has 6 nitrogen and oxygen atoms in total. The zero-order valence-electron chi connectivity index (χ0n) is 20.7. The normalized spacial score (nSPS) is 11.3. The number of nitrogens with zero attached hydrogens (tertiary/aromatic N) is 1. The Bertz CT molecular complexity index is 1480. The molecule has 7 heteroatoms. The fraction of sp³-hybridized carbons (Fsp3) is 0.207. The molecule has 1 amide bonds. The number of amides is 1. The van der Waals surface area contributed by atoms with E-state index in [0.717, 1.165) is 31.8 Å². The molecule has 0 fully saturated rings. The molecule has 36 heavy (non-hydrogen) atoms. The van der Waals surface area contributed by atoms with Gasteiger partial charge in [-0.2, -0.15) is 0 Å². The summed E-state index contributed by atoms with van der Waals surface area (Å²) < 4.78 is 34.0. The highest BCUT2D eigenvalue weighted by Crippen LogP contribution is 2.26. The third-order valence-electron chi connectivity index (χ3n) is 6.09. The molecule has 1 N–H and O–H groups in total. The first kappa shape index (κ1) is 25.3. The van der Waals surface area contributed by atoms with Crippen LogP contribution in [0.25, 0.3) is 10.8 Å². The Kier molecular flexibility index (Phi) is 7.60. The number of carbonyl (C=O) groups excluding carboxylic acids is 1. The van der Waals surface area contributed by atoms with E-state index in [1.54, 1.807) is 36.4 Å². The Labute approximate surface area is 212 Å². The Morgan fingerprint density at radius 1 is 0.833 bits per heavy atom. The number of anilines is 1. The van der Waals surface area contributed by atoms with Crippen molar-refractivity contribution >= 4 is 32.4 Å². The molecule has 186 valence electrons. The highest BCUT2D eigenvalue weighted by molar-refractivity contribution is 7.92. The minimum Gasteiger partial charge on any atom is -0.492 e. The number of hydrogen-bond acceptors (Lipinski definition) is 4. The number of ether oxygens (including phenoxy) is 1. The highest BCUT2D eigenvalue weighted by atomic mass is 32.2. The summed E-state index contributed by atoms with van der Waals surface area (Å²) in [5.74, 6) is 0.299. The van der Waals surface area contributed by atoms with E-state index >= 15 is 0 Å². The molecule has 0 aliphatic rings. The molecule has 0 heterocycles. The van der Waals surface area contributed by atoms with E-state index in [9.17, 15) is 13.2 Å². The van der Waals surface area contributed by atoms with Gasteiger partial charge in [-0.15, -0.1) is 0 Å². The SMILES string of the molecule is Cc1ccc(S(=O)(=O)N(CC(=O)NCCOc2ccc3ccccc3c2)c2ccc(C)c(C)c2)cc1. The standard InChI is InChI=1S/C29H30N2O4S/c1-21-8-14-28(15-9-21)36(33,34)31(26-12-10-22(2)23(3)18-26)20-29(32)30-16-17-35-27-13-11-24-6-4-5-7-25(24)19-27/h4-15,18-19H,16-17,20H2,1-3H3,(H,30,32). The second-order valence-electron chi connectivity index (χ2n) is 8.80. The number of nitrogens with one attached hydrogen (secondary N) is 1. The molecule has 0 spiro atoms. The van der Waals surface area contributed by atoms with Crippen LogP contribution in [0, 0.1) is 20.8 Å². The van der Waals surface area contributed by atoms with Crippen LogP contribution in [-0.2, 0) is 14.8 Å². The van der Waals surface area contributed by atoms with Crippen molar-refractivity contribution in [2.75, 3.05) is 24.0 Å². The third-order valence-corrected chi connectivity index (χ3v) is 7.88. The average Bonchev–Trinajstić information content (AvgIpc) is 2.87. The minimum absolute atomic E-state index is 0.138. The number of benzene rings is 4. The topological polar surface area (TPSA) is 75.7 Å². The van der Waals surface area contributed by atoms with Gasteiger partial charge in [0, 0.05) is 0 Å². The lowest BCUT2D eigenvalue weighted by Crippen LogP contribution is -2.42. The van der Waals surface area contributed by atoms with Gasteiger partial charge in [0.1, 0.15) is 18.9 Å². The number of rotatable bonds is 9. The Balaban J connectivity index is 1.44. The zero-order chi connectivity index (χ0) is 25.7. The van der Waals surface area contributed by atoms with E-state index < -0.39 is 15.9 Å². The molecule has 0 atom stereocenters. The second-order valence-corrected chi connectivity index (χ2v) is 10.7. The van der Waals surface area contributed by atoms with Crippen LogP contribution in [0.3, 0.4) is 0 Å². The zero-order valence-corrected chi connectivity index (χ0v) is 21.5. The van der Waals surface area contributed by atoms with Crippen LogP contribution in [0.2, 0.25) is 0 Å². The van der Waals surface area contributed by atoms with E-state index in [-0.39, 0.29) is 24.6 Å². The van der Waals surface area contributed by atoms with Gasteiger partial charge in [-0.05, 0) is 79.1 Å². The second kappa shape index (κ2) is 10.8. The van der Waals surface area contributed by atoms with Crippen molar-refractivity contribution in [1.82, 2.24) is 5.32 Å². The van der Waals surface area contributed by atoms with Gasteiger partial charge >= 0.3 is 0 Å². The highest BCUT2D eigenvalue weighted by Gasteiger charge is 2.27. The molecular weight excluding hydrogens is 472 g/mol. The molecule has 4 aromatic carbocycles. The molecule has 0 aliphatic heterocycles. The van der Waals surface area contributed by atoms with Crippen molar-refractivity contribution in [3.8, 4) is 5.75 Å². The number of hydrogen-bond donors (Lipinski definition) is 1. The van der Waals surface area contributed by atoms with Crippen molar-refractivity contribution in [3.63, 3.8) is 0 Å². The average molecular weight is 503 g/mol. The number of carbonyl (C=O) groups is 1. The van der Waals surface area contributed by atoms with Crippen molar-refractivity contribution in [3.05, 3.63) is 102 Å². The van der Waals surface area contributed by atoms with Crippen molar-refractivity contribution in [1.29, 1.82) is 0 Å². The minimum atomic E-state index is -3.95. The van der Waals surface area contributed by atoms with Gasteiger partial charge in [-0.1, -0.05) is 54.1 Å². The molecular formula is C29H30N2O4S. The Morgan fingerprint density at radius 2 is 1.56 bits per heavy atom. The molecule has 0 saturated carbocycles. The van der Waals surface area contributed by atoms with E-state index in [2.05, 4.69) is 5.32 Å². The summed E-state index contributed by atoms with van der Waals surface area (Å²) in [5.41, 5.74) is 3.39. The van der Waals surface area contributed by atoms with Gasteiger partial charge in [0.25, 0.3) is 10.0 Å². The first-order valence-corrected chi connectivity index (χ1v) is 13.2. The van der Waals surface area contributed by atoms with Crippen molar-refractivity contribution < 1.29 is 17.9 Å². The lowest BCUT2D eigenvalue weighted by molar-refractivity contribution is -0.119. The smallest absolute Gasteiger partial charge is 0.264 e. The Hall–Kier alpha value is -3.84. The van der Waals surface area contributed by atoms with Gasteiger partial charge < -0.3 is 10.1 Å². The van der Waals surface area contributed by atoms with Gasteiger partial charge in [-0.25, -0.2) is 8.42 Å². The fourth-order valence-electron chi connectivity index (χ4n) is 3.84. The quantitative estimate of drug-likeness (QED) is 0.321. The van der Waals surface area contributed by atoms with E-state index in [1.165, 1.54) is 0 Å². The lowest BCUT2D eigenvalue weighted by atomic mass is 10.1. The molecule has 0 saturated heterocycles. The number of aryl methyl sites for hydroxylation is 3. The summed E-state index contributed by atoms with van der Waals surface area (Å²) >= 11 is 0. The maximum atomic E-state index is 13.5. The fourth-order valence-corrected chi connectivity index (χ4v) is 5.25. The first-order valence-electron chi connectivity index (χ1n) is 11.8. The molecule has 0 radical (unpaired) electrons. The van der Waals surface area contributed by atoms with Gasteiger partial charge in [0.05, 0.1) is 17.1 Å². The van der Waals surface area contributed by atoms with E-state index in [0.29, 0.717) is 11.4 Å². The van der Waals surface area contributed by atoms with Gasteiger partial charge in [0.15, 0.2) is 0 Å². The molecule has 0 aliphatic carbocycles. The summed E-state index contributed by atoms with van der Waals surface area (Å²) in [6.07, 6.45) is 0. The van der Waals surface area contributed by atoms with Gasteiger partial charge in [-0.3, -0.25) is 9.10 Å². The number of fused-ring (bicyclic) bond motifs is 1. The predicted octanol–water partition coefficient (Wildman–Crippen LogP) is 5.16. The van der Waals surface area contributed by atoms with Crippen LogP contribution in [-0.4, -0.2) is 34.0 Å². The molecule has 0 aromatic heterocycles. The lowest BCUT2D eigenvalue weighted by Gasteiger charge is -2.25. The summed E-state index contributed by atoms with van der Waals surface area (Å²) in [4.78, 5) is 13.0. The molecule has 0 unspecified atom stereocenters. The Morgan fingerprint density at radius 3 is 2.28 bits per heavy atom. The summed E-state index contributed by atoms with van der Waals surface area (Å²) in [5, 5.41) is 4.98. The molecule has 0 bridgehead atoms.